The summed E-state index contributed by atoms with van der Waals surface area (Å²) in [7, 11) is 0. The Labute approximate surface area is 94.3 Å². The monoisotopic (exact) mass is 216 g/mol. The van der Waals surface area contributed by atoms with E-state index in [1.807, 2.05) is 0 Å². The van der Waals surface area contributed by atoms with Crippen LogP contribution in [0.15, 0.2) is 0 Å². The average molecular weight is 216 g/mol. The highest BCUT2D eigenvalue weighted by molar-refractivity contribution is 4.68. The Morgan fingerprint density at radius 2 is 1.33 bits per heavy atom. The van der Waals surface area contributed by atoms with Crippen molar-refractivity contribution in [3.63, 3.8) is 0 Å². The molecular weight excluding hydrogens is 188 g/mol. The second-order valence-corrected chi connectivity index (χ2v) is 5.10. The molecule has 1 heterocycles. The molecule has 2 rings (SSSR count). The molecule has 1 saturated carbocycles. The summed E-state index contributed by atoms with van der Waals surface area (Å²) < 4.78 is 0. The van der Waals surface area contributed by atoms with Crippen LogP contribution in [0.4, 0.5) is 0 Å². The molecule has 3 heteroatoms. The van der Waals surface area contributed by atoms with Crippen LogP contribution in [0.3, 0.4) is 0 Å². The lowest BCUT2D eigenvalue weighted by atomic mass is 9.84. The summed E-state index contributed by atoms with van der Waals surface area (Å²) in [6.07, 6.45) is 5.89. The first-order valence-electron chi connectivity index (χ1n) is 6.12. The van der Waals surface area contributed by atoms with Gasteiger partial charge in [-0.3, -0.25) is 0 Å². The van der Waals surface area contributed by atoms with Gasteiger partial charge in [-0.15, -0.1) is 0 Å². The number of hydrogen-bond donors (Lipinski definition) is 2. The Bertz CT molecular complexity index is 129. The largest absolute Gasteiger partial charge is 0.412 e. The summed E-state index contributed by atoms with van der Waals surface area (Å²) in [5, 5.41) is 6.37. The van der Waals surface area contributed by atoms with E-state index in [4.69, 9.17) is 0 Å². The highest BCUT2D eigenvalue weighted by atomic mass is 16.0. The molecule has 1 saturated heterocycles. The zero-order chi connectivity index (χ0) is 10.4. The van der Waals surface area contributed by atoms with E-state index in [2.05, 4.69) is 31.4 Å². The number of nitrogens with one attached hydrogen (secondary N) is 2. The summed E-state index contributed by atoms with van der Waals surface area (Å²) >= 11 is 0. The van der Waals surface area contributed by atoms with Crippen molar-refractivity contribution in [1.29, 1.82) is 0 Å². The molecule has 2 fully saturated rings. The molecule has 1 unspecified atom stereocenters. The van der Waals surface area contributed by atoms with Crippen LogP contribution in [0.5, 0.6) is 0 Å². The van der Waals surface area contributed by atoms with Gasteiger partial charge in [-0.05, 0) is 18.8 Å². The molecule has 15 heavy (non-hydrogen) atoms. The van der Waals surface area contributed by atoms with Gasteiger partial charge in [0, 0.05) is 19.3 Å². The van der Waals surface area contributed by atoms with Crippen molar-refractivity contribution in [3.05, 3.63) is 0 Å². The van der Waals surface area contributed by atoms with Crippen molar-refractivity contribution in [2.45, 2.75) is 52.5 Å². The van der Waals surface area contributed by atoms with Crippen LogP contribution in [-0.4, -0.2) is 24.7 Å². The maximum Gasteiger partial charge on any atom is 0.0457 e. The first kappa shape index (κ1) is 14.9. The van der Waals surface area contributed by atoms with Crippen molar-refractivity contribution in [2.75, 3.05) is 13.2 Å². The van der Waals surface area contributed by atoms with E-state index in [9.17, 15) is 0 Å². The maximum atomic E-state index is 3.21. The standard InChI is InChI=1S/C8H16.C4H10N2.H2O/c1-7-3-5-8(2)6-4-7;1-4-2-5-3-6-4;/h7-8H,3-6H2,1-2H3;4-6H,2-3H2,1H3;1H2. The van der Waals surface area contributed by atoms with Crippen LogP contribution in [0.25, 0.3) is 0 Å². The SMILES string of the molecule is CC1CCC(C)CC1.CC1CNCN1.O. The van der Waals surface area contributed by atoms with Gasteiger partial charge in [-0.1, -0.05) is 39.5 Å². The van der Waals surface area contributed by atoms with E-state index in [0.29, 0.717) is 6.04 Å². The van der Waals surface area contributed by atoms with Gasteiger partial charge < -0.3 is 16.1 Å². The summed E-state index contributed by atoms with van der Waals surface area (Å²) in [6, 6.07) is 0.685. The zero-order valence-corrected chi connectivity index (χ0v) is 10.5. The van der Waals surface area contributed by atoms with Crippen molar-refractivity contribution in [1.82, 2.24) is 10.6 Å². The van der Waals surface area contributed by atoms with Crippen LogP contribution in [0.1, 0.15) is 46.5 Å². The normalized spacial score (nSPS) is 35.0. The maximum absolute atomic E-state index is 3.21. The highest BCUT2D eigenvalue weighted by Gasteiger charge is 2.13. The van der Waals surface area contributed by atoms with E-state index in [1.165, 1.54) is 25.7 Å². The van der Waals surface area contributed by atoms with Gasteiger partial charge in [0.2, 0.25) is 0 Å². The first-order chi connectivity index (χ1) is 6.68. The molecule has 1 aliphatic heterocycles. The quantitative estimate of drug-likeness (QED) is 0.645. The first-order valence-corrected chi connectivity index (χ1v) is 6.12. The zero-order valence-electron chi connectivity index (χ0n) is 10.5. The minimum atomic E-state index is 0. The lowest BCUT2D eigenvalue weighted by molar-refractivity contribution is 0.308. The Morgan fingerprint density at radius 1 is 0.867 bits per heavy atom. The summed E-state index contributed by atoms with van der Waals surface area (Å²) in [5.74, 6) is 2.04. The van der Waals surface area contributed by atoms with Gasteiger partial charge >= 0.3 is 0 Å². The van der Waals surface area contributed by atoms with Crippen molar-refractivity contribution >= 4 is 0 Å². The van der Waals surface area contributed by atoms with Gasteiger partial charge in [0.25, 0.3) is 0 Å². The fraction of sp³-hybridized carbons (Fsp3) is 1.00. The number of rotatable bonds is 0. The fourth-order valence-electron chi connectivity index (χ4n) is 2.03. The van der Waals surface area contributed by atoms with E-state index in [-0.39, 0.29) is 5.48 Å². The molecule has 0 aromatic carbocycles. The van der Waals surface area contributed by atoms with Crippen molar-refractivity contribution in [3.8, 4) is 0 Å². The predicted molar refractivity (Wildman–Crippen MR) is 65.9 cm³/mol. The topological polar surface area (TPSA) is 55.6 Å². The Hall–Kier alpha value is -0.120. The van der Waals surface area contributed by atoms with E-state index >= 15 is 0 Å². The molecule has 3 nitrogen and oxygen atoms in total. The second-order valence-electron chi connectivity index (χ2n) is 5.10. The second kappa shape index (κ2) is 8.08. The minimum absolute atomic E-state index is 0. The van der Waals surface area contributed by atoms with Crippen molar-refractivity contribution < 1.29 is 5.48 Å². The molecule has 2 aliphatic rings. The van der Waals surface area contributed by atoms with Crippen LogP contribution >= 0.6 is 0 Å². The van der Waals surface area contributed by atoms with Crippen LogP contribution < -0.4 is 10.6 Å². The van der Waals surface area contributed by atoms with Gasteiger partial charge in [0.15, 0.2) is 0 Å². The van der Waals surface area contributed by atoms with Crippen molar-refractivity contribution in [2.24, 2.45) is 11.8 Å². The third-order valence-corrected chi connectivity index (χ3v) is 3.33. The molecule has 0 bridgehead atoms. The van der Waals surface area contributed by atoms with Gasteiger partial charge in [-0.25, -0.2) is 0 Å². The van der Waals surface area contributed by atoms with Crippen LogP contribution in [0, 0.1) is 11.8 Å². The van der Waals surface area contributed by atoms with Gasteiger partial charge in [-0.2, -0.15) is 0 Å². The van der Waals surface area contributed by atoms with E-state index < -0.39 is 0 Å². The molecular formula is C12H28N2O. The summed E-state index contributed by atoms with van der Waals surface area (Å²) in [6.45, 7) is 9.01. The lowest BCUT2D eigenvalue weighted by Crippen LogP contribution is -2.18. The van der Waals surface area contributed by atoms with Gasteiger partial charge in [0.05, 0.1) is 0 Å². The number of hydrogen-bond acceptors (Lipinski definition) is 2. The molecule has 4 N–H and O–H groups in total. The Morgan fingerprint density at radius 3 is 1.53 bits per heavy atom. The minimum Gasteiger partial charge on any atom is -0.412 e. The molecule has 0 amide bonds. The molecule has 92 valence electrons. The highest BCUT2D eigenvalue weighted by Crippen LogP contribution is 2.27. The van der Waals surface area contributed by atoms with Crippen LogP contribution in [0.2, 0.25) is 0 Å². The molecule has 0 aromatic rings. The summed E-state index contributed by atoms with van der Waals surface area (Å²) in [5.41, 5.74) is 0. The molecule has 0 radical (unpaired) electrons. The molecule has 1 aliphatic carbocycles. The third kappa shape index (κ3) is 6.88. The smallest absolute Gasteiger partial charge is 0.0457 e. The molecule has 0 spiro atoms. The predicted octanol–water partition coefficient (Wildman–Crippen LogP) is 1.53. The van der Waals surface area contributed by atoms with E-state index in [0.717, 1.165) is 25.0 Å². The average Bonchev–Trinajstić information content (AvgIpc) is 2.63. The van der Waals surface area contributed by atoms with E-state index in [1.54, 1.807) is 0 Å². The summed E-state index contributed by atoms with van der Waals surface area (Å²) in [4.78, 5) is 0. The third-order valence-electron chi connectivity index (χ3n) is 3.33. The lowest BCUT2D eigenvalue weighted by Gasteiger charge is -2.22. The van der Waals surface area contributed by atoms with Crippen LogP contribution in [-0.2, 0) is 0 Å². The molecule has 0 aromatic heterocycles. The molecule has 1 atom stereocenters. The Kier molecular flexibility index (Phi) is 8.02. The Balaban J connectivity index is 0.000000253. The van der Waals surface area contributed by atoms with Gasteiger partial charge in [0.1, 0.15) is 0 Å². The fourth-order valence-corrected chi connectivity index (χ4v) is 2.03.